The molecule has 1 unspecified atom stereocenters. The summed E-state index contributed by atoms with van der Waals surface area (Å²) in [6, 6.07) is -0.00600. The highest BCUT2D eigenvalue weighted by atomic mass is 16.5. The van der Waals surface area contributed by atoms with Gasteiger partial charge in [0.15, 0.2) is 5.82 Å². The summed E-state index contributed by atoms with van der Waals surface area (Å²) in [4.78, 5) is 4.39. The SMILES string of the molecule is O[C@H]1CN[C@H](c2nc(CC3CCCCO3)no2)C1. The van der Waals surface area contributed by atoms with Crippen molar-refractivity contribution in [2.45, 2.75) is 50.4 Å². The van der Waals surface area contributed by atoms with E-state index in [-0.39, 0.29) is 18.2 Å². The molecule has 3 heterocycles. The van der Waals surface area contributed by atoms with Crippen molar-refractivity contribution >= 4 is 0 Å². The molecule has 0 aromatic carbocycles. The Labute approximate surface area is 106 Å². The molecule has 0 radical (unpaired) electrons. The first kappa shape index (κ1) is 12.1. The first-order chi connectivity index (χ1) is 8.81. The van der Waals surface area contributed by atoms with Crippen molar-refractivity contribution in [3.8, 4) is 0 Å². The number of hydrogen-bond donors (Lipinski definition) is 2. The Morgan fingerprint density at radius 2 is 2.33 bits per heavy atom. The van der Waals surface area contributed by atoms with Gasteiger partial charge in [-0.25, -0.2) is 0 Å². The van der Waals surface area contributed by atoms with Crippen LogP contribution < -0.4 is 5.32 Å². The van der Waals surface area contributed by atoms with Gasteiger partial charge in [-0.1, -0.05) is 5.16 Å². The van der Waals surface area contributed by atoms with Crippen LogP contribution in [0.2, 0.25) is 0 Å². The maximum Gasteiger partial charge on any atom is 0.243 e. The molecule has 2 fully saturated rings. The number of aliphatic hydroxyl groups is 1. The number of nitrogens with one attached hydrogen (secondary N) is 1. The van der Waals surface area contributed by atoms with Crippen molar-refractivity contribution in [3.05, 3.63) is 11.7 Å². The molecule has 3 atom stereocenters. The molecule has 0 amide bonds. The van der Waals surface area contributed by atoms with E-state index in [1.165, 1.54) is 6.42 Å². The second-order valence-electron chi connectivity index (χ2n) is 5.09. The lowest BCUT2D eigenvalue weighted by atomic mass is 10.1. The van der Waals surface area contributed by atoms with Crippen LogP contribution in [0.5, 0.6) is 0 Å². The Balaban J connectivity index is 1.59. The normalized spacial score (nSPS) is 32.8. The van der Waals surface area contributed by atoms with E-state index in [4.69, 9.17) is 9.26 Å². The van der Waals surface area contributed by atoms with Gasteiger partial charge in [-0.2, -0.15) is 4.98 Å². The molecule has 6 heteroatoms. The summed E-state index contributed by atoms with van der Waals surface area (Å²) in [6.45, 7) is 1.43. The third-order valence-electron chi connectivity index (χ3n) is 3.57. The van der Waals surface area contributed by atoms with E-state index in [0.29, 0.717) is 24.7 Å². The molecule has 1 aromatic rings. The first-order valence-corrected chi connectivity index (χ1v) is 6.67. The number of aliphatic hydroxyl groups excluding tert-OH is 1. The lowest BCUT2D eigenvalue weighted by Gasteiger charge is -2.20. The molecule has 0 saturated carbocycles. The van der Waals surface area contributed by atoms with Crippen LogP contribution in [0.3, 0.4) is 0 Å². The highest BCUT2D eigenvalue weighted by Gasteiger charge is 2.28. The van der Waals surface area contributed by atoms with Crippen LogP contribution in [-0.2, 0) is 11.2 Å². The zero-order valence-electron chi connectivity index (χ0n) is 10.3. The third-order valence-corrected chi connectivity index (χ3v) is 3.57. The van der Waals surface area contributed by atoms with Crippen LogP contribution >= 0.6 is 0 Å². The molecule has 0 bridgehead atoms. The fourth-order valence-corrected chi connectivity index (χ4v) is 2.57. The molecule has 2 N–H and O–H groups in total. The van der Waals surface area contributed by atoms with Gasteiger partial charge in [0.1, 0.15) is 0 Å². The smallest absolute Gasteiger partial charge is 0.243 e. The number of nitrogens with zero attached hydrogens (tertiary/aromatic N) is 2. The van der Waals surface area contributed by atoms with E-state index >= 15 is 0 Å². The fraction of sp³-hybridized carbons (Fsp3) is 0.833. The topological polar surface area (TPSA) is 80.4 Å². The van der Waals surface area contributed by atoms with Gasteiger partial charge in [0.2, 0.25) is 5.89 Å². The summed E-state index contributed by atoms with van der Waals surface area (Å²) in [7, 11) is 0. The molecule has 0 spiro atoms. The summed E-state index contributed by atoms with van der Waals surface area (Å²) in [6.07, 6.45) is 4.71. The molecular formula is C12H19N3O3. The Kier molecular flexibility index (Phi) is 3.58. The Bertz CT molecular complexity index is 390. The van der Waals surface area contributed by atoms with E-state index in [0.717, 1.165) is 25.9 Å². The third kappa shape index (κ3) is 2.71. The highest BCUT2D eigenvalue weighted by molar-refractivity contribution is 4.98. The van der Waals surface area contributed by atoms with Gasteiger partial charge in [-0.05, 0) is 25.7 Å². The number of hydrogen-bond acceptors (Lipinski definition) is 6. The van der Waals surface area contributed by atoms with Crippen molar-refractivity contribution in [1.29, 1.82) is 0 Å². The summed E-state index contributed by atoms with van der Waals surface area (Å²) in [5.41, 5.74) is 0. The van der Waals surface area contributed by atoms with E-state index in [1.807, 2.05) is 0 Å². The predicted molar refractivity (Wildman–Crippen MR) is 63.0 cm³/mol. The Hall–Kier alpha value is -0.980. The van der Waals surface area contributed by atoms with E-state index < -0.39 is 0 Å². The molecule has 1 aromatic heterocycles. The van der Waals surface area contributed by atoms with Crippen LogP contribution in [0.25, 0.3) is 0 Å². The van der Waals surface area contributed by atoms with Gasteiger partial charge in [0.25, 0.3) is 0 Å². The van der Waals surface area contributed by atoms with Gasteiger partial charge in [-0.15, -0.1) is 0 Å². The Morgan fingerprint density at radius 3 is 3.06 bits per heavy atom. The second-order valence-corrected chi connectivity index (χ2v) is 5.09. The summed E-state index contributed by atoms with van der Waals surface area (Å²) < 4.78 is 10.9. The number of ether oxygens (including phenoxy) is 1. The monoisotopic (exact) mass is 253 g/mol. The molecule has 2 aliphatic rings. The molecule has 18 heavy (non-hydrogen) atoms. The zero-order chi connectivity index (χ0) is 12.4. The fourth-order valence-electron chi connectivity index (χ4n) is 2.57. The van der Waals surface area contributed by atoms with Crippen LogP contribution in [0.1, 0.15) is 43.4 Å². The standard InChI is InChI=1S/C12H19N3O3/c16-8-5-10(13-7-8)12-14-11(15-18-12)6-9-3-1-2-4-17-9/h8-10,13,16H,1-7H2/t8-,9?,10+/m1/s1. The minimum atomic E-state index is -0.313. The van der Waals surface area contributed by atoms with Crippen molar-refractivity contribution in [3.63, 3.8) is 0 Å². The summed E-state index contributed by atoms with van der Waals surface area (Å²) in [5, 5.41) is 16.6. The molecule has 3 rings (SSSR count). The summed E-state index contributed by atoms with van der Waals surface area (Å²) >= 11 is 0. The quantitative estimate of drug-likeness (QED) is 0.820. The second kappa shape index (κ2) is 5.34. The van der Waals surface area contributed by atoms with E-state index in [2.05, 4.69) is 15.5 Å². The van der Waals surface area contributed by atoms with Gasteiger partial charge in [0.05, 0.1) is 18.2 Å². The maximum absolute atomic E-state index is 9.46. The largest absolute Gasteiger partial charge is 0.392 e. The molecule has 6 nitrogen and oxygen atoms in total. The van der Waals surface area contributed by atoms with Crippen molar-refractivity contribution in [1.82, 2.24) is 15.5 Å². The Morgan fingerprint density at radius 1 is 1.39 bits per heavy atom. The molecule has 2 saturated heterocycles. The number of β-amino-alcohol motifs (C(OH)–C–C–N with tert-alkyl or cyclic N) is 1. The van der Waals surface area contributed by atoms with Crippen LogP contribution in [0.15, 0.2) is 4.52 Å². The average Bonchev–Trinajstić information content (AvgIpc) is 2.99. The van der Waals surface area contributed by atoms with E-state index in [9.17, 15) is 5.11 Å². The van der Waals surface area contributed by atoms with Crippen molar-refractivity contribution in [2.75, 3.05) is 13.2 Å². The van der Waals surface area contributed by atoms with Gasteiger partial charge < -0.3 is 19.7 Å². The van der Waals surface area contributed by atoms with Gasteiger partial charge in [0, 0.05) is 19.6 Å². The van der Waals surface area contributed by atoms with E-state index in [1.54, 1.807) is 0 Å². The zero-order valence-corrected chi connectivity index (χ0v) is 10.3. The molecule has 0 aliphatic carbocycles. The lowest BCUT2D eigenvalue weighted by Crippen LogP contribution is -2.22. The number of rotatable bonds is 3. The lowest BCUT2D eigenvalue weighted by molar-refractivity contribution is 0.0153. The minimum Gasteiger partial charge on any atom is -0.392 e. The van der Waals surface area contributed by atoms with Gasteiger partial charge in [-0.3, -0.25) is 0 Å². The molecular weight excluding hydrogens is 234 g/mol. The van der Waals surface area contributed by atoms with Crippen molar-refractivity contribution < 1.29 is 14.4 Å². The predicted octanol–water partition coefficient (Wildman–Crippen LogP) is 0.576. The maximum atomic E-state index is 9.46. The van der Waals surface area contributed by atoms with Crippen molar-refractivity contribution in [2.24, 2.45) is 0 Å². The summed E-state index contributed by atoms with van der Waals surface area (Å²) in [5.74, 6) is 1.29. The highest BCUT2D eigenvalue weighted by Crippen LogP contribution is 2.22. The van der Waals surface area contributed by atoms with Crippen LogP contribution in [0, 0.1) is 0 Å². The van der Waals surface area contributed by atoms with Crippen LogP contribution in [-0.4, -0.2) is 40.6 Å². The minimum absolute atomic E-state index is 0.00600. The molecule has 100 valence electrons. The first-order valence-electron chi connectivity index (χ1n) is 6.67. The van der Waals surface area contributed by atoms with Crippen LogP contribution in [0.4, 0.5) is 0 Å². The average molecular weight is 253 g/mol. The molecule has 2 aliphatic heterocycles. The number of aromatic nitrogens is 2. The van der Waals surface area contributed by atoms with Gasteiger partial charge >= 0.3 is 0 Å².